The topological polar surface area (TPSA) is 57.3 Å². The first-order valence-corrected chi connectivity index (χ1v) is 7.10. The fourth-order valence-electron chi connectivity index (χ4n) is 2.34. The summed E-state index contributed by atoms with van der Waals surface area (Å²) in [6, 6.07) is 4.12. The Morgan fingerprint density at radius 3 is 2.65 bits per heavy atom. The highest BCUT2D eigenvalue weighted by Gasteiger charge is 2.26. The van der Waals surface area contributed by atoms with E-state index in [1.54, 1.807) is 6.20 Å². The molecule has 0 bridgehead atoms. The Morgan fingerprint density at radius 1 is 1.40 bits per heavy atom. The summed E-state index contributed by atoms with van der Waals surface area (Å²) in [5.74, 6) is 0.862. The van der Waals surface area contributed by atoms with E-state index in [0.717, 1.165) is 25.3 Å². The first-order chi connectivity index (χ1) is 9.39. The van der Waals surface area contributed by atoms with Crippen molar-refractivity contribution in [2.24, 2.45) is 0 Å². The largest absolute Gasteiger partial charge is 0.365 e. The fraction of sp³-hybridized carbons (Fsp3) is 0.600. The SMILES string of the molecule is CN[C@H]1CCN(C(=O)c2ccc(NC(C)(C)C)nc2)C1. The summed E-state index contributed by atoms with van der Waals surface area (Å²) in [5, 5.41) is 6.50. The summed E-state index contributed by atoms with van der Waals surface area (Å²) >= 11 is 0. The molecule has 5 heteroatoms. The van der Waals surface area contributed by atoms with Gasteiger partial charge in [-0.1, -0.05) is 0 Å². The lowest BCUT2D eigenvalue weighted by atomic mass is 10.1. The maximum absolute atomic E-state index is 12.3. The molecule has 1 saturated heterocycles. The lowest BCUT2D eigenvalue weighted by Crippen LogP contribution is -2.33. The Bertz CT molecular complexity index is 464. The third kappa shape index (κ3) is 3.70. The number of rotatable bonds is 3. The average molecular weight is 276 g/mol. The van der Waals surface area contributed by atoms with Gasteiger partial charge >= 0.3 is 0 Å². The van der Waals surface area contributed by atoms with Crippen LogP contribution in [0.5, 0.6) is 0 Å². The Hall–Kier alpha value is -1.62. The molecule has 5 nitrogen and oxygen atoms in total. The van der Waals surface area contributed by atoms with Crippen molar-refractivity contribution in [1.29, 1.82) is 0 Å². The number of carbonyl (C=O) groups excluding carboxylic acids is 1. The van der Waals surface area contributed by atoms with Crippen LogP contribution in [0.1, 0.15) is 37.6 Å². The maximum atomic E-state index is 12.3. The molecule has 1 aliphatic heterocycles. The Balaban J connectivity index is 2.01. The predicted molar refractivity (Wildman–Crippen MR) is 81.0 cm³/mol. The number of nitrogens with one attached hydrogen (secondary N) is 2. The van der Waals surface area contributed by atoms with Crippen molar-refractivity contribution in [1.82, 2.24) is 15.2 Å². The number of pyridine rings is 1. The van der Waals surface area contributed by atoms with E-state index < -0.39 is 0 Å². The van der Waals surface area contributed by atoms with Gasteiger partial charge in [0.15, 0.2) is 0 Å². The number of likely N-dealkylation sites (N-methyl/N-ethyl adjacent to an activating group) is 1. The first-order valence-electron chi connectivity index (χ1n) is 7.10. The molecule has 1 aliphatic rings. The molecule has 1 amide bonds. The van der Waals surface area contributed by atoms with Crippen LogP contribution in [-0.4, -0.2) is 47.5 Å². The van der Waals surface area contributed by atoms with Crippen molar-refractivity contribution in [3.63, 3.8) is 0 Å². The van der Waals surface area contributed by atoms with Crippen molar-refractivity contribution in [3.8, 4) is 0 Å². The van der Waals surface area contributed by atoms with Crippen LogP contribution in [0.15, 0.2) is 18.3 Å². The number of amides is 1. The van der Waals surface area contributed by atoms with Crippen molar-refractivity contribution in [3.05, 3.63) is 23.9 Å². The van der Waals surface area contributed by atoms with Crippen LogP contribution in [-0.2, 0) is 0 Å². The number of hydrogen-bond donors (Lipinski definition) is 2. The van der Waals surface area contributed by atoms with E-state index in [-0.39, 0.29) is 11.4 Å². The quantitative estimate of drug-likeness (QED) is 0.882. The summed E-state index contributed by atoms with van der Waals surface area (Å²) in [4.78, 5) is 18.5. The van der Waals surface area contributed by atoms with Crippen LogP contribution in [0.4, 0.5) is 5.82 Å². The van der Waals surface area contributed by atoms with Crippen molar-refractivity contribution in [2.45, 2.75) is 38.8 Å². The summed E-state index contributed by atoms with van der Waals surface area (Å²) in [6.45, 7) is 7.82. The van der Waals surface area contributed by atoms with Crippen molar-refractivity contribution < 1.29 is 4.79 Å². The van der Waals surface area contributed by atoms with Crippen molar-refractivity contribution >= 4 is 11.7 Å². The highest BCUT2D eigenvalue weighted by atomic mass is 16.2. The van der Waals surface area contributed by atoms with Crippen LogP contribution in [0.2, 0.25) is 0 Å². The zero-order chi connectivity index (χ0) is 14.8. The summed E-state index contributed by atoms with van der Waals surface area (Å²) < 4.78 is 0. The number of nitrogens with zero attached hydrogens (tertiary/aromatic N) is 2. The van der Waals surface area contributed by atoms with Gasteiger partial charge < -0.3 is 15.5 Å². The van der Waals surface area contributed by atoms with Gasteiger partial charge in [-0.25, -0.2) is 4.98 Å². The highest BCUT2D eigenvalue weighted by Crippen LogP contribution is 2.16. The van der Waals surface area contributed by atoms with E-state index in [4.69, 9.17) is 0 Å². The second kappa shape index (κ2) is 5.79. The number of likely N-dealkylation sites (tertiary alicyclic amines) is 1. The van der Waals surface area contributed by atoms with Crippen LogP contribution in [0, 0.1) is 0 Å². The molecule has 0 radical (unpaired) electrons. The molecule has 1 atom stereocenters. The molecule has 1 fully saturated rings. The Labute approximate surface area is 120 Å². The fourth-order valence-corrected chi connectivity index (χ4v) is 2.34. The molecule has 2 heterocycles. The summed E-state index contributed by atoms with van der Waals surface area (Å²) in [7, 11) is 1.94. The van der Waals surface area contributed by atoms with E-state index in [0.29, 0.717) is 11.6 Å². The van der Waals surface area contributed by atoms with E-state index in [2.05, 4.69) is 36.4 Å². The number of carbonyl (C=O) groups is 1. The molecular weight excluding hydrogens is 252 g/mol. The van der Waals surface area contributed by atoms with Crippen molar-refractivity contribution in [2.75, 3.05) is 25.5 Å². The normalized spacial score (nSPS) is 19.2. The Morgan fingerprint density at radius 2 is 2.15 bits per heavy atom. The molecule has 0 unspecified atom stereocenters. The molecule has 1 aromatic heterocycles. The van der Waals surface area contributed by atoms with Gasteiger partial charge in [-0.15, -0.1) is 0 Å². The highest BCUT2D eigenvalue weighted by molar-refractivity contribution is 5.94. The molecule has 2 N–H and O–H groups in total. The minimum Gasteiger partial charge on any atom is -0.365 e. The van der Waals surface area contributed by atoms with E-state index >= 15 is 0 Å². The molecule has 0 aromatic carbocycles. The summed E-state index contributed by atoms with van der Waals surface area (Å²) in [6.07, 6.45) is 2.67. The molecule has 0 aliphatic carbocycles. The van der Waals surface area contributed by atoms with E-state index in [9.17, 15) is 4.79 Å². The summed E-state index contributed by atoms with van der Waals surface area (Å²) in [5.41, 5.74) is 0.620. The van der Waals surface area contributed by atoms with Crippen LogP contribution in [0.25, 0.3) is 0 Å². The van der Waals surface area contributed by atoms with Gasteiger partial charge in [0, 0.05) is 30.9 Å². The van der Waals surface area contributed by atoms with Gasteiger partial charge in [-0.2, -0.15) is 0 Å². The molecule has 20 heavy (non-hydrogen) atoms. The molecule has 110 valence electrons. The van der Waals surface area contributed by atoms with Gasteiger partial charge in [0.2, 0.25) is 0 Å². The smallest absolute Gasteiger partial charge is 0.255 e. The van der Waals surface area contributed by atoms with Gasteiger partial charge in [-0.05, 0) is 46.4 Å². The standard InChI is InChI=1S/C15H24N4O/c1-15(2,3)18-13-6-5-11(9-17-13)14(20)19-8-7-12(10-19)16-4/h5-6,9,12,16H,7-8,10H2,1-4H3,(H,17,18)/t12-/m0/s1. The molecule has 0 spiro atoms. The maximum Gasteiger partial charge on any atom is 0.255 e. The zero-order valence-electron chi connectivity index (χ0n) is 12.7. The van der Waals surface area contributed by atoms with Crippen LogP contribution in [0.3, 0.4) is 0 Å². The second-order valence-corrected chi connectivity index (χ2v) is 6.33. The van der Waals surface area contributed by atoms with Gasteiger partial charge in [0.05, 0.1) is 5.56 Å². The lowest BCUT2D eigenvalue weighted by Gasteiger charge is -2.21. The minimum absolute atomic E-state index is 0.0342. The first kappa shape index (κ1) is 14.8. The van der Waals surface area contributed by atoms with E-state index in [1.165, 1.54) is 0 Å². The number of anilines is 1. The number of hydrogen-bond acceptors (Lipinski definition) is 4. The van der Waals surface area contributed by atoms with E-state index in [1.807, 2.05) is 24.1 Å². The minimum atomic E-state index is -0.0342. The average Bonchev–Trinajstić information content (AvgIpc) is 2.85. The van der Waals surface area contributed by atoms with Crippen LogP contribution >= 0.6 is 0 Å². The van der Waals surface area contributed by atoms with Gasteiger partial charge in [0.25, 0.3) is 5.91 Å². The number of aromatic nitrogens is 1. The molecule has 1 aromatic rings. The Kier molecular flexibility index (Phi) is 4.28. The second-order valence-electron chi connectivity index (χ2n) is 6.33. The molecule has 2 rings (SSSR count). The predicted octanol–water partition coefficient (Wildman–Crippen LogP) is 1.73. The molecule has 0 saturated carbocycles. The van der Waals surface area contributed by atoms with Gasteiger partial charge in [-0.3, -0.25) is 4.79 Å². The third-order valence-electron chi connectivity index (χ3n) is 3.40. The third-order valence-corrected chi connectivity index (χ3v) is 3.40. The zero-order valence-corrected chi connectivity index (χ0v) is 12.7. The lowest BCUT2D eigenvalue weighted by molar-refractivity contribution is 0.0789. The monoisotopic (exact) mass is 276 g/mol. The molecular formula is C15H24N4O. The van der Waals surface area contributed by atoms with Crippen LogP contribution < -0.4 is 10.6 Å². The van der Waals surface area contributed by atoms with Gasteiger partial charge in [0.1, 0.15) is 5.82 Å².